The average Bonchev–Trinajstić information content (AvgIpc) is 2.93. The zero-order valence-corrected chi connectivity index (χ0v) is 15.2. The summed E-state index contributed by atoms with van der Waals surface area (Å²) in [5, 5.41) is 12.0. The number of nitrogens with one attached hydrogen (secondary N) is 1. The first-order valence-electron chi connectivity index (χ1n) is 6.92. The molecule has 1 atom stereocenters. The molecule has 0 aromatic carbocycles. The highest BCUT2D eigenvalue weighted by Gasteiger charge is 2.23. The number of hydrogen-bond acceptors (Lipinski definition) is 7. The Morgan fingerprint density at radius 2 is 2.00 bits per heavy atom. The summed E-state index contributed by atoms with van der Waals surface area (Å²) in [7, 11) is 0. The quantitative estimate of drug-likeness (QED) is 0.861. The third-order valence-corrected chi connectivity index (χ3v) is 4.64. The van der Waals surface area contributed by atoms with Gasteiger partial charge < -0.3 is 9.73 Å². The van der Waals surface area contributed by atoms with Gasteiger partial charge in [-0.25, -0.2) is 4.98 Å². The van der Waals surface area contributed by atoms with Crippen molar-refractivity contribution >= 4 is 29.0 Å². The van der Waals surface area contributed by atoms with Crippen LogP contribution in [0.4, 0.5) is 0 Å². The number of carbonyl (C=O) groups excluding carboxylic acids is 1. The maximum absolute atomic E-state index is 12.1. The molecule has 22 heavy (non-hydrogen) atoms. The number of thioether (sulfide) groups is 1. The highest BCUT2D eigenvalue weighted by Crippen LogP contribution is 2.31. The first-order chi connectivity index (χ1) is 10.2. The second kappa shape index (κ2) is 6.37. The van der Waals surface area contributed by atoms with Crippen LogP contribution in [0.1, 0.15) is 38.4 Å². The summed E-state index contributed by atoms with van der Waals surface area (Å²) in [5.41, 5.74) is 0.615. The van der Waals surface area contributed by atoms with Crippen LogP contribution in [0, 0.1) is 13.8 Å². The molecule has 2 heterocycles. The lowest BCUT2D eigenvalue weighted by Crippen LogP contribution is -2.44. The number of hydrogen-bond donors (Lipinski definition) is 1. The van der Waals surface area contributed by atoms with E-state index in [2.05, 4.69) is 20.5 Å². The van der Waals surface area contributed by atoms with E-state index in [1.807, 2.05) is 41.5 Å². The minimum absolute atomic E-state index is 0.0536. The Balaban J connectivity index is 2.06. The van der Waals surface area contributed by atoms with Gasteiger partial charge in [0.1, 0.15) is 4.88 Å². The van der Waals surface area contributed by atoms with E-state index in [0.717, 1.165) is 15.6 Å². The molecular formula is C14H20N4O2S2. The van der Waals surface area contributed by atoms with Gasteiger partial charge in [0.25, 0.3) is 11.1 Å². The minimum atomic E-state index is -0.309. The van der Waals surface area contributed by atoms with E-state index in [1.54, 1.807) is 0 Å². The van der Waals surface area contributed by atoms with Crippen LogP contribution in [-0.2, 0) is 4.79 Å². The van der Waals surface area contributed by atoms with Gasteiger partial charge >= 0.3 is 0 Å². The van der Waals surface area contributed by atoms with Gasteiger partial charge in [-0.1, -0.05) is 11.8 Å². The van der Waals surface area contributed by atoms with E-state index < -0.39 is 0 Å². The topological polar surface area (TPSA) is 80.9 Å². The van der Waals surface area contributed by atoms with Crippen molar-refractivity contribution < 1.29 is 9.21 Å². The predicted molar refractivity (Wildman–Crippen MR) is 88.1 cm³/mol. The van der Waals surface area contributed by atoms with Crippen molar-refractivity contribution in [1.82, 2.24) is 20.5 Å². The van der Waals surface area contributed by atoms with Gasteiger partial charge in [0, 0.05) is 5.54 Å². The van der Waals surface area contributed by atoms with Crippen LogP contribution >= 0.6 is 23.1 Å². The molecule has 6 nitrogen and oxygen atoms in total. The maximum Gasteiger partial charge on any atom is 0.277 e. The largest absolute Gasteiger partial charge is 0.410 e. The molecule has 0 aliphatic rings. The molecule has 1 N–H and O–H groups in total. The second-order valence-electron chi connectivity index (χ2n) is 6.02. The summed E-state index contributed by atoms with van der Waals surface area (Å²) >= 11 is 2.77. The lowest BCUT2D eigenvalue weighted by atomic mass is 10.1. The maximum atomic E-state index is 12.1. The first kappa shape index (κ1) is 17.0. The highest BCUT2D eigenvalue weighted by atomic mass is 32.2. The molecule has 120 valence electrons. The molecule has 0 aliphatic heterocycles. The monoisotopic (exact) mass is 340 g/mol. The third kappa shape index (κ3) is 4.30. The molecule has 0 radical (unpaired) electrons. The number of nitrogens with zero attached hydrogens (tertiary/aromatic N) is 3. The summed E-state index contributed by atoms with van der Waals surface area (Å²) in [5.74, 6) is 0.399. The van der Waals surface area contributed by atoms with Crippen LogP contribution in [0.3, 0.4) is 0 Å². The molecular weight excluding hydrogens is 320 g/mol. The molecule has 2 aromatic rings. The van der Waals surface area contributed by atoms with Gasteiger partial charge in [-0.3, -0.25) is 4.79 Å². The first-order valence-corrected chi connectivity index (χ1v) is 8.62. The Kier molecular flexibility index (Phi) is 4.91. The Labute approximate surface area is 138 Å². The molecule has 1 amide bonds. The molecule has 1 unspecified atom stereocenters. The number of aromatic nitrogens is 3. The number of rotatable bonds is 4. The van der Waals surface area contributed by atoms with Gasteiger partial charge in [-0.15, -0.1) is 21.5 Å². The SMILES string of the molecule is Cc1nc(C)c(-c2nnc(SC(C)C(=O)NC(C)(C)C)o2)s1. The fraction of sp³-hybridized carbons (Fsp3) is 0.571. The average molecular weight is 340 g/mol. The van der Waals surface area contributed by atoms with E-state index in [4.69, 9.17) is 4.42 Å². The Hall–Kier alpha value is -1.41. The van der Waals surface area contributed by atoms with Crippen molar-refractivity contribution in [1.29, 1.82) is 0 Å². The van der Waals surface area contributed by atoms with Crippen molar-refractivity contribution in [3.8, 4) is 10.8 Å². The number of aryl methyl sites for hydroxylation is 2. The van der Waals surface area contributed by atoms with Gasteiger partial charge in [0.05, 0.1) is 16.0 Å². The van der Waals surface area contributed by atoms with Crippen molar-refractivity contribution in [3.63, 3.8) is 0 Å². The third-order valence-electron chi connectivity index (χ3n) is 2.65. The Morgan fingerprint density at radius 1 is 1.32 bits per heavy atom. The molecule has 0 aliphatic carbocycles. The molecule has 2 rings (SSSR count). The van der Waals surface area contributed by atoms with Crippen molar-refractivity contribution in [2.45, 2.75) is 57.6 Å². The molecule has 0 fully saturated rings. The molecule has 2 aromatic heterocycles. The lowest BCUT2D eigenvalue weighted by molar-refractivity contribution is -0.121. The fourth-order valence-corrected chi connectivity index (χ4v) is 3.28. The van der Waals surface area contributed by atoms with Crippen LogP contribution in [0.15, 0.2) is 9.64 Å². The van der Waals surface area contributed by atoms with Crippen LogP contribution in [0.2, 0.25) is 0 Å². The predicted octanol–water partition coefficient (Wildman–Crippen LogP) is 3.21. The number of carbonyl (C=O) groups is 1. The van der Waals surface area contributed by atoms with E-state index in [0.29, 0.717) is 11.1 Å². The van der Waals surface area contributed by atoms with Crippen LogP contribution < -0.4 is 5.32 Å². The van der Waals surface area contributed by atoms with Crippen LogP contribution in [0.5, 0.6) is 0 Å². The van der Waals surface area contributed by atoms with Crippen LogP contribution in [0.25, 0.3) is 10.8 Å². The summed E-state index contributed by atoms with van der Waals surface area (Å²) in [4.78, 5) is 17.3. The Morgan fingerprint density at radius 3 is 2.55 bits per heavy atom. The summed E-state index contributed by atoms with van der Waals surface area (Å²) in [6.45, 7) is 11.5. The fourth-order valence-electron chi connectivity index (χ4n) is 1.75. The van der Waals surface area contributed by atoms with Gasteiger partial charge in [-0.05, 0) is 41.5 Å². The van der Waals surface area contributed by atoms with Gasteiger partial charge in [0.15, 0.2) is 0 Å². The number of amides is 1. The van der Waals surface area contributed by atoms with Crippen LogP contribution in [-0.4, -0.2) is 31.9 Å². The number of thiazole rings is 1. The normalized spacial score (nSPS) is 13.2. The van der Waals surface area contributed by atoms with Crippen molar-refractivity contribution in [2.24, 2.45) is 0 Å². The second-order valence-corrected chi connectivity index (χ2v) is 8.52. The molecule has 0 saturated carbocycles. The Bertz CT molecular complexity index is 673. The zero-order chi connectivity index (χ0) is 16.5. The van der Waals surface area contributed by atoms with E-state index in [9.17, 15) is 4.79 Å². The molecule has 8 heteroatoms. The van der Waals surface area contributed by atoms with E-state index >= 15 is 0 Å². The standard InChI is InChI=1S/C14H20N4O2S2/c1-7-10(22-9(3)15-7)12-17-18-13(20-12)21-8(2)11(19)16-14(4,5)6/h8H,1-6H3,(H,16,19). The van der Waals surface area contributed by atoms with E-state index in [1.165, 1.54) is 23.1 Å². The van der Waals surface area contributed by atoms with Gasteiger partial charge in [0.2, 0.25) is 5.91 Å². The lowest BCUT2D eigenvalue weighted by Gasteiger charge is -2.22. The molecule has 0 saturated heterocycles. The summed E-state index contributed by atoms with van der Waals surface area (Å²) < 4.78 is 5.65. The smallest absolute Gasteiger partial charge is 0.277 e. The van der Waals surface area contributed by atoms with E-state index in [-0.39, 0.29) is 16.7 Å². The summed E-state index contributed by atoms with van der Waals surface area (Å²) in [6.07, 6.45) is 0. The molecule has 0 bridgehead atoms. The summed E-state index contributed by atoms with van der Waals surface area (Å²) in [6, 6.07) is 0. The highest BCUT2D eigenvalue weighted by molar-refractivity contribution is 8.00. The molecule has 0 spiro atoms. The van der Waals surface area contributed by atoms with Crippen molar-refractivity contribution in [2.75, 3.05) is 0 Å². The van der Waals surface area contributed by atoms with Gasteiger partial charge in [-0.2, -0.15) is 0 Å². The minimum Gasteiger partial charge on any atom is -0.410 e. The van der Waals surface area contributed by atoms with Crippen molar-refractivity contribution in [3.05, 3.63) is 10.7 Å². The zero-order valence-electron chi connectivity index (χ0n) is 13.6.